The highest BCUT2D eigenvalue weighted by atomic mass is 35.5. The molecule has 0 saturated carbocycles. The highest BCUT2D eigenvalue weighted by molar-refractivity contribution is 6.36. The molecule has 146 valence electrons. The molecule has 1 aromatic heterocycles. The monoisotopic (exact) mass is 428 g/mol. The van der Waals surface area contributed by atoms with Crippen LogP contribution in [0.4, 0.5) is 17.6 Å². The van der Waals surface area contributed by atoms with Gasteiger partial charge in [0.25, 0.3) is 0 Å². The lowest BCUT2D eigenvalue weighted by Gasteiger charge is -2.11. The van der Waals surface area contributed by atoms with E-state index in [1.165, 1.54) is 0 Å². The number of rotatable bonds is 7. The first-order valence-corrected chi connectivity index (χ1v) is 9.11. The van der Waals surface area contributed by atoms with Gasteiger partial charge in [0.15, 0.2) is 0 Å². The average molecular weight is 429 g/mol. The summed E-state index contributed by atoms with van der Waals surface area (Å²) in [5.74, 6) is -0.408. The second-order valence-corrected chi connectivity index (χ2v) is 6.65. The van der Waals surface area contributed by atoms with Crippen LogP contribution in [0.5, 0.6) is 0 Å². The minimum Gasteiger partial charge on any atom is -0.480 e. The Morgan fingerprint density at radius 2 is 1.69 bits per heavy atom. The first kappa shape index (κ1) is 20.3. The molecule has 0 saturated heterocycles. The zero-order valence-electron chi connectivity index (χ0n) is 14.9. The van der Waals surface area contributed by atoms with Gasteiger partial charge in [0.1, 0.15) is 12.4 Å². The topological polar surface area (TPSA) is 124 Å². The second kappa shape index (κ2) is 9.19. The van der Waals surface area contributed by atoms with Crippen LogP contribution in [-0.2, 0) is 11.2 Å². The smallest absolute Gasteiger partial charge is 0.322 e. The minimum atomic E-state index is -1.05. The largest absolute Gasteiger partial charge is 0.480 e. The van der Waals surface area contributed by atoms with Crippen LogP contribution < -0.4 is 10.6 Å². The van der Waals surface area contributed by atoms with E-state index in [0.29, 0.717) is 32.7 Å². The summed E-state index contributed by atoms with van der Waals surface area (Å²) in [5.41, 5.74) is 1.82. The van der Waals surface area contributed by atoms with Crippen molar-refractivity contribution in [3.8, 4) is 6.07 Å². The lowest BCUT2D eigenvalue weighted by atomic mass is 10.1. The number of carboxylic acids is 1. The van der Waals surface area contributed by atoms with E-state index in [-0.39, 0.29) is 24.9 Å². The molecule has 0 fully saturated rings. The summed E-state index contributed by atoms with van der Waals surface area (Å²) in [6.45, 7) is -0.355. The molecule has 0 atom stereocenters. The van der Waals surface area contributed by atoms with E-state index in [4.69, 9.17) is 33.6 Å². The number of benzene rings is 2. The van der Waals surface area contributed by atoms with Crippen LogP contribution in [-0.4, -0.2) is 32.6 Å². The van der Waals surface area contributed by atoms with E-state index in [1.807, 2.05) is 6.07 Å². The number of nitriles is 1. The number of nitrogens with zero attached hydrogens (tertiary/aromatic N) is 4. The molecule has 0 bridgehead atoms. The van der Waals surface area contributed by atoms with E-state index < -0.39 is 5.97 Å². The minimum absolute atomic E-state index is 0.0942. The molecule has 8 nitrogen and oxygen atoms in total. The molecular formula is C19H14Cl2N6O2. The fourth-order valence-electron chi connectivity index (χ4n) is 2.41. The van der Waals surface area contributed by atoms with Gasteiger partial charge in [0.2, 0.25) is 11.9 Å². The van der Waals surface area contributed by atoms with Gasteiger partial charge in [-0.3, -0.25) is 4.79 Å². The van der Waals surface area contributed by atoms with Crippen LogP contribution in [0.2, 0.25) is 10.0 Å². The summed E-state index contributed by atoms with van der Waals surface area (Å²) in [7, 11) is 0. The van der Waals surface area contributed by atoms with Crippen molar-refractivity contribution in [3.63, 3.8) is 0 Å². The zero-order valence-corrected chi connectivity index (χ0v) is 16.4. The molecule has 29 heavy (non-hydrogen) atoms. The molecule has 0 amide bonds. The van der Waals surface area contributed by atoms with Crippen molar-refractivity contribution < 1.29 is 9.90 Å². The maximum Gasteiger partial charge on any atom is 0.322 e. The Balaban J connectivity index is 1.92. The number of hydrogen-bond acceptors (Lipinski definition) is 7. The predicted octanol–water partition coefficient (Wildman–Crippen LogP) is 3.88. The average Bonchev–Trinajstić information content (AvgIpc) is 2.70. The molecular weight excluding hydrogens is 415 g/mol. The molecule has 2 aromatic carbocycles. The van der Waals surface area contributed by atoms with Gasteiger partial charge in [0, 0.05) is 22.2 Å². The number of aromatic nitrogens is 3. The molecule has 0 aliphatic rings. The summed E-state index contributed by atoms with van der Waals surface area (Å²) < 4.78 is 0. The Kier molecular flexibility index (Phi) is 6.44. The molecule has 0 spiro atoms. The SMILES string of the molecule is N#Cc1ccc(Nc2nc(Cc3c(Cl)cccc3Cl)nc(NCC(=O)O)n2)cc1. The molecule has 10 heteroatoms. The number of aliphatic carboxylic acids is 1. The third-order valence-electron chi connectivity index (χ3n) is 3.75. The lowest BCUT2D eigenvalue weighted by molar-refractivity contribution is -0.134. The maximum absolute atomic E-state index is 10.9. The van der Waals surface area contributed by atoms with Gasteiger partial charge in [0.05, 0.1) is 11.6 Å². The van der Waals surface area contributed by atoms with Gasteiger partial charge in [-0.05, 0) is 42.0 Å². The Bertz CT molecular complexity index is 1060. The zero-order chi connectivity index (χ0) is 20.8. The lowest BCUT2D eigenvalue weighted by Crippen LogP contribution is -2.16. The summed E-state index contributed by atoms with van der Waals surface area (Å²) in [4.78, 5) is 23.7. The van der Waals surface area contributed by atoms with E-state index in [1.54, 1.807) is 42.5 Å². The van der Waals surface area contributed by atoms with Crippen molar-refractivity contribution in [3.05, 3.63) is 69.5 Å². The van der Waals surface area contributed by atoms with Gasteiger partial charge in [-0.15, -0.1) is 0 Å². The van der Waals surface area contributed by atoms with Crippen LogP contribution in [0.15, 0.2) is 42.5 Å². The Morgan fingerprint density at radius 3 is 2.31 bits per heavy atom. The van der Waals surface area contributed by atoms with Crippen molar-refractivity contribution in [2.24, 2.45) is 0 Å². The Hall–Kier alpha value is -3.41. The fourth-order valence-corrected chi connectivity index (χ4v) is 2.94. The van der Waals surface area contributed by atoms with Crippen LogP contribution in [0, 0.1) is 11.3 Å². The predicted molar refractivity (Wildman–Crippen MR) is 110 cm³/mol. The quantitative estimate of drug-likeness (QED) is 0.517. The third kappa shape index (κ3) is 5.54. The second-order valence-electron chi connectivity index (χ2n) is 5.84. The highest BCUT2D eigenvalue weighted by Crippen LogP contribution is 2.26. The van der Waals surface area contributed by atoms with Crippen LogP contribution in [0.3, 0.4) is 0 Å². The van der Waals surface area contributed by atoms with Crippen molar-refractivity contribution in [1.82, 2.24) is 15.0 Å². The third-order valence-corrected chi connectivity index (χ3v) is 4.45. The number of carboxylic acid groups (broad SMARTS) is 1. The summed E-state index contributed by atoms with van der Waals surface area (Å²) >= 11 is 12.5. The molecule has 0 unspecified atom stereocenters. The van der Waals surface area contributed by atoms with E-state index in [0.717, 1.165) is 0 Å². The Morgan fingerprint density at radius 1 is 1.03 bits per heavy atom. The number of halogens is 2. The van der Waals surface area contributed by atoms with Crippen LogP contribution in [0.1, 0.15) is 17.0 Å². The molecule has 3 rings (SSSR count). The summed E-state index contributed by atoms with van der Waals surface area (Å²) in [5, 5.41) is 24.4. The highest BCUT2D eigenvalue weighted by Gasteiger charge is 2.13. The number of nitrogens with one attached hydrogen (secondary N) is 2. The summed E-state index contributed by atoms with van der Waals surface area (Å²) in [6, 6.07) is 13.9. The van der Waals surface area contributed by atoms with E-state index >= 15 is 0 Å². The maximum atomic E-state index is 10.9. The van der Waals surface area contributed by atoms with Crippen molar-refractivity contribution in [2.45, 2.75) is 6.42 Å². The van der Waals surface area contributed by atoms with Gasteiger partial charge >= 0.3 is 5.97 Å². The van der Waals surface area contributed by atoms with Crippen LogP contribution in [0.25, 0.3) is 0 Å². The van der Waals surface area contributed by atoms with Crippen molar-refractivity contribution >= 4 is 46.8 Å². The normalized spacial score (nSPS) is 10.2. The molecule has 1 heterocycles. The molecule has 0 aliphatic carbocycles. The van der Waals surface area contributed by atoms with Crippen LogP contribution >= 0.6 is 23.2 Å². The van der Waals surface area contributed by atoms with Gasteiger partial charge in [-0.1, -0.05) is 29.3 Å². The van der Waals surface area contributed by atoms with Gasteiger partial charge in [-0.2, -0.15) is 20.2 Å². The molecule has 0 aliphatic heterocycles. The molecule has 3 aromatic rings. The van der Waals surface area contributed by atoms with E-state index in [9.17, 15) is 4.79 Å². The standard InChI is InChI=1S/C19H14Cl2N6O2/c20-14-2-1-3-15(21)13(14)8-16-25-18(23-10-17(28)29)27-19(26-16)24-12-6-4-11(9-22)5-7-12/h1-7H,8,10H2,(H,28,29)(H2,23,24,25,26,27). The number of hydrogen-bond donors (Lipinski definition) is 3. The van der Waals surface area contributed by atoms with Gasteiger partial charge in [-0.25, -0.2) is 0 Å². The summed E-state index contributed by atoms with van der Waals surface area (Å²) in [6.07, 6.45) is 0.227. The fraction of sp³-hybridized carbons (Fsp3) is 0.105. The first-order chi connectivity index (χ1) is 13.9. The van der Waals surface area contributed by atoms with E-state index in [2.05, 4.69) is 25.6 Å². The van der Waals surface area contributed by atoms with Gasteiger partial charge < -0.3 is 15.7 Å². The first-order valence-electron chi connectivity index (χ1n) is 8.35. The number of anilines is 3. The Labute approximate surface area is 176 Å². The van der Waals surface area contributed by atoms with Crippen molar-refractivity contribution in [1.29, 1.82) is 5.26 Å². The molecule has 3 N–H and O–H groups in total. The molecule has 0 radical (unpaired) electrons. The van der Waals surface area contributed by atoms with Crippen molar-refractivity contribution in [2.75, 3.05) is 17.2 Å². The number of carbonyl (C=O) groups is 1.